The fraction of sp³-hybridized carbons (Fsp3) is 0.200. The van der Waals surface area contributed by atoms with Crippen LogP contribution in [0.15, 0.2) is 48.5 Å². The second kappa shape index (κ2) is 7.17. The van der Waals surface area contributed by atoms with Crippen LogP contribution in [0.3, 0.4) is 0 Å². The number of anilines is 1. The Labute approximate surface area is 170 Å². The molecule has 1 unspecified atom stereocenters. The van der Waals surface area contributed by atoms with Gasteiger partial charge in [-0.2, -0.15) is 0 Å². The molecule has 4 rings (SSSR count). The van der Waals surface area contributed by atoms with Gasteiger partial charge >= 0.3 is 6.03 Å². The van der Waals surface area contributed by atoms with Gasteiger partial charge < -0.3 is 15.4 Å². The van der Waals surface area contributed by atoms with Crippen LogP contribution in [0.1, 0.15) is 12.5 Å². The molecule has 4 amide bonds. The first-order chi connectivity index (χ1) is 13.9. The minimum Gasteiger partial charge on any atom is -0.497 e. The number of nitrogens with zero attached hydrogens (tertiary/aromatic N) is 2. The predicted molar refractivity (Wildman–Crippen MR) is 109 cm³/mol. The van der Waals surface area contributed by atoms with E-state index in [-0.39, 0.29) is 0 Å². The van der Waals surface area contributed by atoms with Crippen LogP contribution in [-0.2, 0) is 15.1 Å². The summed E-state index contributed by atoms with van der Waals surface area (Å²) in [6.45, 7) is 1.22. The van der Waals surface area contributed by atoms with Gasteiger partial charge in [0.05, 0.1) is 17.3 Å². The molecule has 0 spiro atoms. The molecule has 0 radical (unpaired) electrons. The van der Waals surface area contributed by atoms with Crippen LogP contribution in [-0.4, -0.2) is 41.4 Å². The number of imide groups is 1. The molecule has 9 heteroatoms. The lowest BCUT2D eigenvalue weighted by atomic mass is 9.92. The van der Waals surface area contributed by atoms with Crippen molar-refractivity contribution in [3.63, 3.8) is 0 Å². The molecule has 0 saturated carbocycles. The minimum atomic E-state index is -1.25. The maximum absolute atomic E-state index is 12.9. The van der Waals surface area contributed by atoms with Crippen molar-refractivity contribution >= 4 is 44.5 Å². The topological polar surface area (TPSA) is 101 Å². The fourth-order valence-electron chi connectivity index (χ4n) is 3.19. The van der Waals surface area contributed by atoms with Crippen molar-refractivity contribution in [1.29, 1.82) is 0 Å². The Bertz CT molecular complexity index is 1080. The van der Waals surface area contributed by atoms with E-state index in [1.165, 1.54) is 11.3 Å². The lowest BCUT2D eigenvalue weighted by Gasteiger charge is -2.22. The summed E-state index contributed by atoms with van der Waals surface area (Å²) >= 11 is 1.33. The fourth-order valence-corrected chi connectivity index (χ4v) is 4.07. The van der Waals surface area contributed by atoms with Crippen LogP contribution < -0.4 is 15.4 Å². The molecular formula is C20H18N4O4S. The van der Waals surface area contributed by atoms with Crippen LogP contribution in [0, 0.1) is 0 Å². The summed E-state index contributed by atoms with van der Waals surface area (Å²) in [6.07, 6.45) is 0. The number of carbonyl (C=O) groups excluding carboxylic acids is 3. The first kappa shape index (κ1) is 18.9. The minimum absolute atomic E-state index is 0.396. The van der Waals surface area contributed by atoms with Gasteiger partial charge in [0.1, 0.15) is 17.8 Å². The summed E-state index contributed by atoms with van der Waals surface area (Å²) in [5.41, 5.74) is 0.125. The van der Waals surface area contributed by atoms with E-state index in [2.05, 4.69) is 15.6 Å². The molecule has 2 N–H and O–H groups in total. The summed E-state index contributed by atoms with van der Waals surface area (Å²) in [6, 6.07) is 13.7. The number of rotatable bonds is 5. The third-order valence-corrected chi connectivity index (χ3v) is 5.74. The third-order valence-electron chi connectivity index (χ3n) is 4.78. The van der Waals surface area contributed by atoms with Gasteiger partial charge in [-0.1, -0.05) is 35.6 Å². The molecule has 0 aliphatic carbocycles. The van der Waals surface area contributed by atoms with Gasteiger partial charge in [-0.25, -0.2) is 9.78 Å². The number of amides is 4. The van der Waals surface area contributed by atoms with Gasteiger partial charge in [0.25, 0.3) is 5.91 Å². The van der Waals surface area contributed by atoms with Crippen LogP contribution >= 0.6 is 11.3 Å². The quantitative estimate of drug-likeness (QED) is 0.630. The SMILES string of the molecule is COc1ccc(C2(C)NC(=O)N(CC(=O)Nc3nc4ccccc4s3)C2=O)cc1. The number of methoxy groups -OCH3 is 1. The van der Waals surface area contributed by atoms with E-state index in [1.54, 1.807) is 38.3 Å². The maximum atomic E-state index is 12.9. The highest BCUT2D eigenvalue weighted by molar-refractivity contribution is 7.22. The average molecular weight is 410 g/mol. The lowest BCUT2D eigenvalue weighted by Crippen LogP contribution is -2.42. The number of ether oxygens (including phenoxy) is 1. The Kier molecular flexibility index (Phi) is 4.67. The van der Waals surface area contributed by atoms with E-state index in [0.29, 0.717) is 16.4 Å². The zero-order chi connectivity index (χ0) is 20.6. The average Bonchev–Trinajstić information content (AvgIpc) is 3.22. The second-order valence-corrected chi connectivity index (χ2v) is 7.74. The molecule has 3 aromatic rings. The van der Waals surface area contributed by atoms with Crippen LogP contribution in [0.2, 0.25) is 0 Å². The van der Waals surface area contributed by atoms with Crippen molar-refractivity contribution in [2.45, 2.75) is 12.5 Å². The molecule has 8 nitrogen and oxygen atoms in total. The molecule has 148 valence electrons. The molecule has 1 fully saturated rings. The zero-order valence-corrected chi connectivity index (χ0v) is 16.6. The molecule has 1 aliphatic heterocycles. The highest BCUT2D eigenvalue weighted by Gasteiger charge is 2.49. The van der Waals surface area contributed by atoms with Crippen molar-refractivity contribution in [2.75, 3.05) is 19.0 Å². The largest absolute Gasteiger partial charge is 0.497 e. The summed E-state index contributed by atoms with van der Waals surface area (Å²) in [5.74, 6) is -0.347. The standard InChI is InChI=1S/C20H18N4O4S/c1-20(12-7-9-13(28-2)10-8-12)17(26)24(19(27)23-20)11-16(25)22-18-21-14-5-3-4-6-15(14)29-18/h3-10H,11H2,1-2H3,(H,23,27)(H,21,22,25). The first-order valence-corrected chi connectivity index (χ1v) is 9.66. The smallest absolute Gasteiger partial charge is 0.325 e. The molecular weight excluding hydrogens is 392 g/mol. The van der Waals surface area contributed by atoms with Gasteiger partial charge in [-0.05, 0) is 36.8 Å². The zero-order valence-electron chi connectivity index (χ0n) is 15.8. The number of aromatic nitrogens is 1. The van der Waals surface area contributed by atoms with Gasteiger partial charge in [0, 0.05) is 0 Å². The van der Waals surface area contributed by atoms with Crippen LogP contribution in [0.5, 0.6) is 5.75 Å². The number of benzene rings is 2. The highest BCUT2D eigenvalue weighted by atomic mass is 32.1. The molecule has 2 aromatic carbocycles. The normalized spacial score (nSPS) is 18.8. The molecule has 1 atom stereocenters. The Balaban J connectivity index is 1.48. The number of urea groups is 1. The van der Waals surface area contributed by atoms with Gasteiger partial charge in [-0.15, -0.1) is 0 Å². The van der Waals surface area contributed by atoms with E-state index >= 15 is 0 Å². The summed E-state index contributed by atoms with van der Waals surface area (Å²) in [4.78, 5) is 43.0. The number of nitrogens with one attached hydrogen (secondary N) is 2. The van der Waals surface area contributed by atoms with E-state index in [0.717, 1.165) is 15.1 Å². The molecule has 2 heterocycles. The monoisotopic (exact) mass is 410 g/mol. The Morgan fingerprint density at radius 1 is 1.21 bits per heavy atom. The van der Waals surface area contributed by atoms with Crippen molar-refractivity contribution in [2.24, 2.45) is 0 Å². The van der Waals surface area contributed by atoms with E-state index < -0.39 is 29.9 Å². The second-order valence-electron chi connectivity index (χ2n) is 6.71. The maximum Gasteiger partial charge on any atom is 0.325 e. The summed E-state index contributed by atoms with van der Waals surface area (Å²) in [7, 11) is 1.55. The van der Waals surface area contributed by atoms with Gasteiger partial charge in [0.15, 0.2) is 5.13 Å². The Hall–Kier alpha value is -3.46. The molecule has 1 aliphatic rings. The van der Waals surface area contributed by atoms with Crippen molar-refractivity contribution in [3.8, 4) is 5.75 Å². The van der Waals surface area contributed by atoms with Crippen LogP contribution in [0.4, 0.5) is 9.93 Å². The molecule has 0 bridgehead atoms. The number of carbonyl (C=O) groups is 3. The first-order valence-electron chi connectivity index (χ1n) is 8.85. The van der Waals surface area contributed by atoms with Crippen molar-refractivity contribution in [3.05, 3.63) is 54.1 Å². The Morgan fingerprint density at radius 2 is 1.93 bits per heavy atom. The van der Waals surface area contributed by atoms with E-state index in [1.807, 2.05) is 24.3 Å². The van der Waals surface area contributed by atoms with Gasteiger partial charge in [-0.3, -0.25) is 14.5 Å². The predicted octanol–water partition coefficient (Wildman–Crippen LogP) is 2.71. The van der Waals surface area contributed by atoms with Crippen molar-refractivity contribution in [1.82, 2.24) is 15.2 Å². The third kappa shape index (κ3) is 3.40. The van der Waals surface area contributed by atoms with Gasteiger partial charge in [0.2, 0.25) is 5.91 Å². The van der Waals surface area contributed by atoms with Crippen LogP contribution in [0.25, 0.3) is 10.2 Å². The summed E-state index contributed by atoms with van der Waals surface area (Å²) in [5, 5.41) is 5.76. The molecule has 1 aromatic heterocycles. The number of thiazole rings is 1. The molecule has 1 saturated heterocycles. The lowest BCUT2D eigenvalue weighted by molar-refractivity contribution is -0.133. The highest BCUT2D eigenvalue weighted by Crippen LogP contribution is 2.30. The van der Waals surface area contributed by atoms with E-state index in [4.69, 9.17) is 4.74 Å². The van der Waals surface area contributed by atoms with Crippen molar-refractivity contribution < 1.29 is 19.1 Å². The number of hydrogen-bond donors (Lipinski definition) is 2. The Morgan fingerprint density at radius 3 is 2.62 bits per heavy atom. The summed E-state index contributed by atoms with van der Waals surface area (Å²) < 4.78 is 6.06. The van der Waals surface area contributed by atoms with E-state index in [9.17, 15) is 14.4 Å². The number of hydrogen-bond acceptors (Lipinski definition) is 6. The number of para-hydroxylation sites is 1. The molecule has 29 heavy (non-hydrogen) atoms. The number of fused-ring (bicyclic) bond motifs is 1.